The van der Waals surface area contributed by atoms with E-state index in [9.17, 15) is 17.6 Å². The highest BCUT2D eigenvalue weighted by atomic mass is 35.5. The number of hydrogen-bond acceptors (Lipinski definition) is 5. The molecule has 4 aliphatic carbocycles. The molecule has 1 unspecified atom stereocenters. The number of amidine groups is 1. The average molecular weight is 613 g/mol. The standard InChI is InChI=1S/C32H38ClFN4O3S/c1-30(2)27(28(39)37-14-13-31(20-37)11-6-12-31)35-29(36-30)32-16-22(17-32)26(18-32)38(19-21-9-10-24(33)25(34)15-21)42(40,41)23-7-4-3-5-8-23/h3-5,7-10,15,22,26-27H,6,11-14,16-20H2,1-2H3,(H,35,36)/t22?,26?,27-,32?/m0/s1. The van der Waals surface area contributed by atoms with Crippen LogP contribution in [-0.2, 0) is 21.4 Å². The first-order chi connectivity index (χ1) is 19.9. The van der Waals surface area contributed by atoms with Crippen LogP contribution in [0.1, 0.15) is 64.4 Å². The minimum atomic E-state index is -3.87. The highest BCUT2D eigenvalue weighted by Crippen LogP contribution is 2.62. The Hall–Kier alpha value is -2.49. The minimum absolute atomic E-state index is 0.00659. The van der Waals surface area contributed by atoms with Gasteiger partial charge in [0.15, 0.2) is 6.04 Å². The molecule has 4 saturated carbocycles. The van der Waals surface area contributed by atoms with Gasteiger partial charge in [-0.3, -0.25) is 9.79 Å². The van der Waals surface area contributed by atoms with E-state index in [2.05, 4.69) is 5.32 Å². The predicted molar refractivity (Wildman–Crippen MR) is 160 cm³/mol. The van der Waals surface area contributed by atoms with Crippen LogP contribution >= 0.6 is 11.6 Å². The van der Waals surface area contributed by atoms with E-state index in [1.165, 1.54) is 31.4 Å². The molecule has 2 heterocycles. The SMILES string of the molecule is CC1(C)NC(C23CC(C2)C(N(Cc2ccc(Cl)c(F)c2)S(=O)(=O)c2ccccc2)C3)=N[C@H]1C(=O)N1CCC2(CCC2)C1. The monoisotopic (exact) mass is 612 g/mol. The molecule has 42 heavy (non-hydrogen) atoms. The number of hydrogen-bond donors (Lipinski definition) is 1. The van der Waals surface area contributed by atoms with E-state index in [4.69, 9.17) is 16.6 Å². The summed E-state index contributed by atoms with van der Waals surface area (Å²) in [7, 11) is -3.87. The van der Waals surface area contributed by atoms with Crippen LogP contribution in [-0.4, -0.2) is 60.1 Å². The van der Waals surface area contributed by atoms with E-state index in [-0.39, 0.29) is 39.7 Å². The van der Waals surface area contributed by atoms with Gasteiger partial charge in [0.1, 0.15) is 11.7 Å². The Morgan fingerprint density at radius 3 is 2.50 bits per heavy atom. The number of amides is 1. The van der Waals surface area contributed by atoms with E-state index in [0.717, 1.165) is 38.2 Å². The molecule has 1 amide bonds. The molecule has 0 aromatic heterocycles. The second kappa shape index (κ2) is 9.76. The summed E-state index contributed by atoms with van der Waals surface area (Å²) >= 11 is 5.92. The smallest absolute Gasteiger partial charge is 0.249 e. The first-order valence-electron chi connectivity index (χ1n) is 15.1. The lowest BCUT2D eigenvalue weighted by Gasteiger charge is -2.40. The van der Waals surface area contributed by atoms with Crippen molar-refractivity contribution in [1.29, 1.82) is 0 Å². The summed E-state index contributed by atoms with van der Waals surface area (Å²) in [6.45, 7) is 5.79. The van der Waals surface area contributed by atoms with Gasteiger partial charge in [0.25, 0.3) is 0 Å². The lowest BCUT2D eigenvalue weighted by Crippen LogP contribution is -2.54. The van der Waals surface area contributed by atoms with Crippen molar-refractivity contribution in [1.82, 2.24) is 14.5 Å². The van der Waals surface area contributed by atoms with Crippen LogP contribution < -0.4 is 5.32 Å². The maximum atomic E-state index is 14.4. The molecule has 2 bridgehead atoms. The Kier molecular flexibility index (Phi) is 6.57. The molecule has 8 rings (SSSR count). The van der Waals surface area contributed by atoms with Gasteiger partial charge in [-0.2, -0.15) is 4.31 Å². The van der Waals surface area contributed by atoms with E-state index in [0.29, 0.717) is 17.4 Å². The zero-order valence-corrected chi connectivity index (χ0v) is 25.7. The van der Waals surface area contributed by atoms with Crippen molar-refractivity contribution in [2.45, 2.75) is 87.9 Å². The number of rotatable bonds is 7. The summed E-state index contributed by atoms with van der Waals surface area (Å²) in [6, 6.07) is 12.1. The molecular weight excluding hydrogens is 575 g/mol. The normalized spacial score (nSPS) is 30.6. The van der Waals surface area contributed by atoms with Crippen LogP contribution in [0.5, 0.6) is 0 Å². The molecule has 10 heteroatoms. The molecule has 1 N–H and O–H groups in total. The van der Waals surface area contributed by atoms with Crippen molar-refractivity contribution in [2.24, 2.45) is 21.7 Å². The first-order valence-corrected chi connectivity index (χ1v) is 16.9. The quantitative estimate of drug-likeness (QED) is 0.455. The molecule has 2 aromatic carbocycles. The summed E-state index contributed by atoms with van der Waals surface area (Å²) < 4.78 is 44.0. The van der Waals surface area contributed by atoms with Crippen LogP contribution in [0.4, 0.5) is 4.39 Å². The number of carbonyl (C=O) groups is 1. The summed E-state index contributed by atoms with van der Waals surface area (Å²) in [5.74, 6) is 0.532. The minimum Gasteiger partial charge on any atom is -0.366 e. The molecule has 7 nitrogen and oxygen atoms in total. The van der Waals surface area contributed by atoms with Crippen LogP contribution in [0.25, 0.3) is 0 Å². The molecule has 2 aromatic rings. The summed E-state index contributed by atoms with van der Waals surface area (Å²) in [4.78, 5) is 21.0. The average Bonchev–Trinajstić information content (AvgIpc) is 3.69. The van der Waals surface area contributed by atoms with Crippen molar-refractivity contribution in [3.05, 3.63) is 64.9 Å². The zero-order valence-electron chi connectivity index (χ0n) is 24.2. The van der Waals surface area contributed by atoms with Gasteiger partial charge in [-0.25, -0.2) is 12.8 Å². The Balaban J connectivity index is 1.15. The molecule has 0 radical (unpaired) electrons. The Morgan fingerprint density at radius 2 is 1.86 bits per heavy atom. The molecule has 2 aliphatic heterocycles. The van der Waals surface area contributed by atoms with Gasteiger partial charge in [-0.1, -0.05) is 42.3 Å². The number of sulfonamides is 1. The van der Waals surface area contributed by atoms with E-state index >= 15 is 0 Å². The molecule has 224 valence electrons. The number of nitrogens with one attached hydrogen (secondary N) is 1. The number of likely N-dealkylation sites (tertiary alicyclic amines) is 1. The van der Waals surface area contributed by atoms with Crippen molar-refractivity contribution in [2.75, 3.05) is 13.1 Å². The molecular formula is C32H38ClFN4O3S. The second-order valence-corrected chi connectivity index (χ2v) is 16.2. The highest BCUT2D eigenvalue weighted by Gasteiger charge is 2.64. The molecule has 2 atom stereocenters. The number of fused-ring (bicyclic) bond motifs is 1. The topological polar surface area (TPSA) is 82.1 Å². The zero-order chi connectivity index (χ0) is 29.5. The van der Waals surface area contributed by atoms with Gasteiger partial charge in [0.05, 0.1) is 15.5 Å². The number of carbonyl (C=O) groups excluding carboxylic acids is 1. The lowest BCUT2D eigenvalue weighted by molar-refractivity contribution is -0.133. The molecule has 1 saturated heterocycles. The number of halogens is 2. The van der Waals surface area contributed by atoms with Crippen molar-refractivity contribution >= 4 is 33.4 Å². The summed E-state index contributed by atoms with van der Waals surface area (Å²) in [5.41, 5.74) is 0.0680. The maximum absolute atomic E-state index is 14.4. The third-order valence-corrected chi connectivity index (χ3v) is 13.0. The van der Waals surface area contributed by atoms with E-state index in [1.54, 1.807) is 40.7 Å². The fourth-order valence-electron chi connectivity index (χ4n) is 8.21. The molecule has 6 aliphatic rings. The van der Waals surface area contributed by atoms with Gasteiger partial charge in [0, 0.05) is 31.1 Å². The predicted octanol–water partition coefficient (Wildman–Crippen LogP) is 5.39. The summed E-state index contributed by atoms with van der Waals surface area (Å²) in [6.07, 6.45) is 7.01. The van der Waals surface area contributed by atoms with Gasteiger partial charge in [-0.05, 0) is 93.5 Å². The van der Waals surface area contributed by atoms with Crippen molar-refractivity contribution < 1.29 is 17.6 Å². The molecule has 5 fully saturated rings. The van der Waals surface area contributed by atoms with Gasteiger partial charge >= 0.3 is 0 Å². The fraction of sp³-hybridized carbons (Fsp3) is 0.562. The Morgan fingerprint density at radius 1 is 1.12 bits per heavy atom. The second-order valence-electron chi connectivity index (χ2n) is 13.9. The Labute approximate surface area is 252 Å². The summed E-state index contributed by atoms with van der Waals surface area (Å²) in [5, 5.41) is 3.62. The van der Waals surface area contributed by atoms with Crippen molar-refractivity contribution in [3.8, 4) is 0 Å². The largest absolute Gasteiger partial charge is 0.366 e. The third-order valence-electron chi connectivity index (χ3n) is 10.8. The van der Waals surface area contributed by atoms with Crippen molar-refractivity contribution in [3.63, 3.8) is 0 Å². The first kappa shape index (κ1) is 28.3. The number of aliphatic imine (C=N–C) groups is 1. The molecule has 1 spiro atoms. The highest BCUT2D eigenvalue weighted by molar-refractivity contribution is 7.89. The fourth-order valence-corrected chi connectivity index (χ4v) is 10.0. The third kappa shape index (κ3) is 4.49. The number of benzene rings is 2. The van der Waals surface area contributed by atoms with Crippen LogP contribution in [0.15, 0.2) is 58.4 Å². The van der Waals surface area contributed by atoms with Crippen LogP contribution in [0.3, 0.4) is 0 Å². The Bertz CT molecular complexity index is 1550. The van der Waals surface area contributed by atoms with E-state index < -0.39 is 27.4 Å². The van der Waals surface area contributed by atoms with Crippen LogP contribution in [0, 0.1) is 22.6 Å². The number of nitrogens with zero attached hydrogens (tertiary/aromatic N) is 3. The van der Waals surface area contributed by atoms with Gasteiger partial charge in [-0.15, -0.1) is 0 Å². The van der Waals surface area contributed by atoms with E-state index in [1.807, 2.05) is 18.7 Å². The lowest BCUT2D eigenvalue weighted by atomic mass is 9.68. The van der Waals surface area contributed by atoms with Gasteiger partial charge in [0.2, 0.25) is 15.9 Å². The van der Waals surface area contributed by atoms with Gasteiger partial charge < -0.3 is 10.2 Å². The maximum Gasteiger partial charge on any atom is 0.249 e. The van der Waals surface area contributed by atoms with Crippen LogP contribution in [0.2, 0.25) is 5.02 Å².